The predicted octanol–water partition coefficient (Wildman–Crippen LogP) is 2.08. The molecule has 1 aliphatic heterocycles. The molecule has 2 rings (SSSR count). The van der Waals surface area contributed by atoms with Crippen molar-refractivity contribution >= 4 is 11.6 Å². The Morgan fingerprint density at radius 1 is 1.53 bits per heavy atom. The molecule has 17 heavy (non-hydrogen) atoms. The van der Waals surface area contributed by atoms with E-state index in [1.54, 1.807) is 7.11 Å². The van der Waals surface area contributed by atoms with Crippen molar-refractivity contribution in [1.82, 2.24) is 5.32 Å². The first-order valence-electron chi connectivity index (χ1n) is 5.90. The van der Waals surface area contributed by atoms with Crippen LogP contribution in [0, 0.1) is 0 Å². The van der Waals surface area contributed by atoms with Gasteiger partial charge in [0.15, 0.2) is 0 Å². The lowest BCUT2D eigenvalue weighted by Gasteiger charge is -2.16. The van der Waals surface area contributed by atoms with Crippen LogP contribution in [0.4, 0.5) is 5.69 Å². The van der Waals surface area contributed by atoms with E-state index in [0.717, 1.165) is 23.4 Å². The first-order valence-corrected chi connectivity index (χ1v) is 5.90. The molecule has 2 unspecified atom stereocenters. The molecule has 4 nitrogen and oxygen atoms in total. The molecule has 92 valence electrons. The van der Waals surface area contributed by atoms with Gasteiger partial charge in [-0.05, 0) is 19.4 Å². The van der Waals surface area contributed by atoms with Gasteiger partial charge >= 0.3 is 0 Å². The van der Waals surface area contributed by atoms with Crippen molar-refractivity contribution in [3.05, 3.63) is 23.8 Å². The van der Waals surface area contributed by atoms with E-state index in [2.05, 4.69) is 24.5 Å². The first-order chi connectivity index (χ1) is 8.15. The minimum atomic E-state index is -0.245. The molecular weight excluding hydrogens is 216 g/mol. The molecule has 0 bridgehead atoms. The van der Waals surface area contributed by atoms with Gasteiger partial charge in [0.25, 0.3) is 0 Å². The van der Waals surface area contributed by atoms with Crippen LogP contribution >= 0.6 is 0 Å². The fraction of sp³-hybridized carbons (Fsp3) is 0.462. The summed E-state index contributed by atoms with van der Waals surface area (Å²) < 4.78 is 5.14. The number of carbonyl (C=O) groups is 1. The summed E-state index contributed by atoms with van der Waals surface area (Å²) in [5.74, 6) is 0.766. The zero-order valence-corrected chi connectivity index (χ0v) is 10.4. The second-order valence-electron chi connectivity index (χ2n) is 4.35. The maximum Gasteiger partial charge on any atom is 0.246 e. The van der Waals surface area contributed by atoms with E-state index in [0.29, 0.717) is 6.04 Å². The minimum absolute atomic E-state index is 0.00792. The lowest BCUT2D eigenvalue weighted by atomic mass is 10.1. The van der Waals surface area contributed by atoms with Crippen molar-refractivity contribution in [1.29, 1.82) is 0 Å². The summed E-state index contributed by atoms with van der Waals surface area (Å²) in [6, 6.07) is 5.74. The van der Waals surface area contributed by atoms with E-state index in [1.807, 2.05) is 18.2 Å². The number of fused-ring (bicyclic) bond motifs is 1. The highest BCUT2D eigenvalue weighted by Gasteiger charge is 2.31. The molecule has 0 saturated heterocycles. The molecular formula is C13H18N2O2. The summed E-state index contributed by atoms with van der Waals surface area (Å²) in [6.45, 7) is 4.17. The highest BCUT2D eigenvalue weighted by molar-refractivity contribution is 6.02. The molecule has 1 aromatic rings. The largest absolute Gasteiger partial charge is 0.497 e. The maximum atomic E-state index is 11.9. The second-order valence-corrected chi connectivity index (χ2v) is 4.35. The minimum Gasteiger partial charge on any atom is -0.497 e. The lowest BCUT2D eigenvalue weighted by molar-refractivity contribution is -0.117. The zero-order valence-electron chi connectivity index (χ0n) is 10.4. The molecule has 2 atom stereocenters. The zero-order chi connectivity index (χ0) is 12.4. The van der Waals surface area contributed by atoms with E-state index < -0.39 is 0 Å². The van der Waals surface area contributed by atoms with Gasteiger partial charge in [-0.3, -0.25) is 10.1 Å². The highest BCUT2D eigenvalue weighted by Crippen LogP contribution is 2.33. The number of amides is 1. The van der Waals surface area contributed by atoms with Crippen molar-refractivity contribution in [3.8, 4) is 5.75 Å². The summed E-state index contributed by atoms with van der Waals surface area (Å²) in [5, 5.41) is 6.19. The standard InChI is InChI=1S/C13H18N2O2/c1-4-8(2)14-12-10-6-5-9(17-3)7-11(10)15-13(12)16/h5-8,12,14H,4H2,1-3H3,(H,15,16). The lowest BCUT2D eigenvalue weighted by Crippen LogP contribution is -2.34. The van der Waals surface area contributed by atoms with Gasteiger partial charge in [-0.25, -0.2) is 0 Å². The smallest absolute Gasteiger partial charge is 0.246 e. The Bertz CT molecular complexity index is 431. The fourth-order valence-corrected chi connectivity index (χ4v) is 1.94. The third-order valence-corrected chi connectivity index (χ3v) is 3.16. The number of benzene rings is 1. The molecule has 1 aromatic carbocycles. The number of rotatable bonds is 4. The van der Waals surface area contributed by atoms with Gasteiger partial charge in [0, 0.05) is 23.4 Å². The summed E-state index contributed by atoms with van der Waals surface area (Å²) in [4.78, 5) is 11.9. The van der Waals surface area contributed by atoms with E-state index in [9.17, 15) is 4.79 Å². The van der Waals surface area contributed by atoms with Crippen LogP contribution in [0.5, 0.6) is 5.75 Å². The highest BCUT2D eigenvalue weighted by atomic mass is 16.5. The molecule has 1 aliphatic rings. The SMILES string of the molecule is CCC(C)NC1C(=O)Nc2cc(OC)ccc21. The topological polar surface area (TPSA) is 50.4 Å². The molecule has 0 radical (unpaired) electrons. The van der Waals surface area contributed by atoms with Crippen LogP contribution in [0.1, 0.15) is 31.9 Å². The van der Waals surface area contributed by atoms with Crippen LogP contribution in [-0.2, 0) is 4.79 Å². The molecule has 0 aromatic heterocycles. The summed E-state index contributed by atoms with van der Waals surface area (Å²) in [6.07, 6.45) is 0.995. The van der Waals surface area contributed by atoms with Gasteiger partial charge in [0.2, 0.25) is 5.91 Å². The van der Waals surface area contributed by atoms with Crippen LogP contribution in [0.25, 0.3) is 0 Å². The van der Waals surface area contributed by atoms with Gasteiger partial charge in [0.05, 0.1) is 7.11 Å². The fourth-order valence-electron chi connectivity index (χ4n) is 1.94. The van der Waals surface area contributed by atoms with Crippen LogP contribution in [-0.4, -0.2) is 19.1 Å². The molecule has 4 heteroatoms. The third-order valence-electron chi connectivity index (χ3n) is 3.16. The van der Waals surface area contributed by atoms with Gasteiger partial charge in [-0.2, -0.15) is 0 Å². The van der Waals surface area contributed by atoms with Crippen molar-refractivity contribution in [3.63, 3.8) is 0 Å². The number of carbonyl (C=O) groups excluding carboxylic acids is 1. The van der Waals surface area contributed by atoms with Crippen LogP contribution < -0.4 is 15.4 Å². The predicted molar refractivity (Wildman–Crippen MR) is 67.3 cm³/mol. The van der Waals surface area contributed by atoms with Crippen LogP contribution in [0.2, 0.25) is 0 Å². The molecule has 0 aliphatic carbocycles. The summed E-state index contributed by atoms with van der Waals surface area (Å²) >= 11 is 0. The average Bonchev–Trinajstić information content (AvgIpc) is 2.64. The number of hydrogen-bond donors (Lipinski definition) is 2. The molecule has 1 amide bonds. The van der Waals surface area contributed by atoms with Crippen molar-refractivity contribution in [2.75, 3.05) is 12.4 Å². The molecule has 2 N–H and O–H groups in total. The molecule has 0 spiro atoms. The van der Waals surface area contributed by atoms with Gasteiger partial charge in [0.1, 0.15) is 11.8 Å². The van der Waals surface area contributed by atoms with Crippen LogP contribution in [0.3, 0.4) is 0 Å². The number of ether oxygens (including phenoxy) is 1. The summed E-state index contributed by atoms with van der Waals surface area (Å²) in [5.41, 5.74) is 1.84. The van der Waals surface area contributed by atoms with E-state index in [1.165, 1.54) is 0 Å². The monoisotopic (exact) mass is 234 g/mol. The quantitative estimate of drug-likeness (QED) is 0.838. The van der Waals surface area contributed by atoms with Gasteiger partial charge < -0.3 is 10.1 Å². The normalized spacial score (nSPS) is 19.7. The number of anilines is 1. The maximum absolute atomic E-state index is 11.9. The Morgan fingerprint density at radius 2 is 2.29 bits per heavy atom. The van der Waals surface area contributed by atoms with E-state index in [4.69, 9.17) is 4.74 Å². The number of hydrogen-bond acceptors (Lipinski definition) is 3. The first kappa shape index (κ1) is 11.9. The Morgan fingerprint density at radius 3 is 2.94 bits per heavy atom. The van der Waals surface area contributed by atoms with Gasteiger partial charge in [-0.1, -0.05) is 13.0 Å². The number of nitrogens with one attached hydrogen (secondary N) is 2. The average molecular weight is 234 g/mol. The van der Waals surface area contributed by atoms with Crippen molar-refractivity contribution < 1.29 is 9.53 Å². The summed E-state index contributed by atoms with van der Waals surface area (Å²) in [7, 11) is 1.62. The van der Waals surface area contributed by atoms with E-state index >= 15 is 0 Å². The Balaban J connectivity index is 2.25. The van der Waals surface area contributed by atoms with Gasteiger partial charge in [-0.15, -0.1) is 0 Å². The van der Waals surface area contributed by atoms with E-state index in [-0.39, 0.29) is 11.9 Å². The second kappa shape index (κ2) is 4.75. The van der Waals surface area contributed by atoms with Crippen molar-refractivity contribution in [2.24, 2.45) is 0 Å². The molecule has 1 heterocycles. The third kappa shape index (κ3) is 2.26. The van der Waals surface area contributed by atoms with Crippen molar-refractivity contribution in [2.45, 2.75) is 32.4 Å². The molecule has 0 fully saturated rings. The Kier molecular flexibility index (Phi) is 3.33. The number of methoxy groups -OCH3 is 1. The molecule has 0 saturated carbocycles. The van der Waals surface area contributed by atoms with Crippen LogP contribution in [0.15, 0.2) is 18.2 Å². The Hall–Kier alpha value is -1.55. The Labute approximate surface area is 101 Å².